The van der Waals surface area contributed by atoms with Gasteiger partial charge in [-0.25, -0.2) is 0 Å². The Kier molecular flexibility index (Phi) is 6.69. The van der Waals surface area contributed by atoms with Crippen LogP contribution < -0.4 is 0 Å². The fraction of sp³-hybridized carbons (Fsp3) is 1.00. The Hall–Kier alpha value is -0.420. The van der Waals surface area contributed by atoms with E-state index >= 15 is 0 Å². The lowest BCUT2D eigenvalue weighted by molar-refractivity contribution is -0.139. The van der Waals surface area contributed by atoms with Crippen LogP contribution in [0.2, 0.25) is 0 Å². The molecule has 0 aromatic carbocycles. The highest BCUT2D eigenvalue weighted by Gasteiger charge is 2.31. The summed E-state index contributed by atoms with van der Waals surface area (Å²) in [5.74, 6) is -0.137. The first kappa shape index (κ1) is 18.6. The molecule has 0 aromatic heterocycles. The molecule has 0 aromatic rings. The Bertz CT molecular complexity index is 251. The van der Waals surface area contributed by atoms with Crippen molar-refractivity contribution in [1.29, 1.82) is 0 Å². The highest BCUT2D eigenvalue weighted by molar-refractivity contribution is 4.73. The molecule has 0 amide bonds. The van der Waals surface area contributed by atoms with Crippen molar-refractivity contribution in [2.75, 3.05) is 0 Å². The molecule has 0 aliphatic heterocycles. The molecule has 0 bridgehead atoms. The predicted molar refractivity (Wildman–Crippen MR) is 62.8 cm³/mol. The number of hydrogen-bond acceptors (Lipinski definition) is 0. The van der Waals surface area contributed by atoms with Crippen molar-refractivity contribution < 1.29 is 26.3 Å². The van der Waals surface area contributed by atoms with E-state index in [9.17, 15) is 26.3 Å². The monoisotopic (exact) mass is 292 g/mol. The molecule has 6 heteroatoms. The number of hydrogen-bond donors (Lipinski definition) is 0. The molecule has 0 aliphatic rings. The number of rotatable bonds is 7. The van der Waals surface area contributed by atoms with E-state index in [0.717, 1.165) is 0 Å². The van der Waals surface area contributed by atoms with E-state index in [1.54, 1.807) is 6.92 Å². The average molecular weight is 292 g/mol. The topological polar surface area (TPSA) is 0 Å². The van der Waals surface area contributed by atoms with E-state index in [0.29, 0.717) is 12.8 Å². The van der Waals surface area contributed by atoms with Gasteiger partial charge in [-0.05, 0) is 37.0 Å². The van der Waals surface area contributed by atoms with Crippen LogP contribution in [0.3, 0.4) is 0 Å². The molecule has 0 saturated carbocycles. The summed E-state index contributed by atoms with van der Waals surface area (Å²) in [7, 11) is 0. The van der Waals surface area contributed by atoms with Crippen LogP contribution in [-0.4, -0.2) is 12.4 Å². The van der Waals surface area contributed by atoms with Crippen LogP contribution in [0.5, 0.6) is 0 Å². The van der Waals surface area contributed by atoms with E-state index < -0.39 is 25.2 Å². The van der Waals surface area contributed by atoms with Gasteiger partial charge in [-0.2, -0.15) is 26.3 Å². The SMILES string of the molecule is CC(CCC(F)(F)F)CC(C)(C)CCCC(F)(F)F. The summed E-state index contributed by atoms with van der Waals surface area (Å²) in [5.41, 5.74) is -0.351. The maximum Gasteiger partial charge on any atom is 0.389 e. The highest BCUT2D eigenvalue weighted by Crippen LogP contribution is 2.36. The Labute approximate surface area is 110 Å². The molecule has 116 valence electrons. The lowest BCUT2D eigenvalue weighted by atomic mass is 9.78. The lowest BCUT2D eigenvalue weighted by Gasteiger charge is -2.28. The average Bonchev–Trinajstić information content (AvgIpc) is 2.10. The van der Waals surface area contributed by atoms with Crippen LogP contribution in [0, 0.1) is 11.3 Å². The van der Waals surface area contributed by atoms with E-state index in [2.05, 4.69) is 0 Å². The molecular weight excluding hydrogens is 270 g/mol. The second kappa shape index (κ2) is 6.84. The molecule has 0 N–H and O–H groups in total. The highest BCUT2D eigenvalue weighted by atomic mass is 19.4. The van der Waals surface area contributed by atoms with E-state index in [1.807, 2.05) is 13.8 Å². The van der Waals surface area contributed by atoms with Gasteiger partial charge in [-0.3, -0.25) is 0 Å². The van der Waals surface area contributed by atoms with Crippen molar-refractivity contribution in [1.82, 2.24) is 0 Å². The van der Waals surface area contributed by atoms with Gasteiger partial charge in [-0.15, -0.1) is 0 Å². The summed E-state index contributed by atoms with van der Waals surface area (Å²) < 4.78 is 72.2. The molecule has 0 nitrogen and oxygen atoms in total. The van der Waals surface area contributed by atoms with Gasteiger partial charge in [0.05, 0.1) is 0 Å². The molecule has 0 rings (SSSR count). The van der Waals surface area contributed by atoms with Crippen LogP contribution in [0.25, 0.3) is 0 Å². The zero-order valence-corrected chi connectivity index (χ0v) is 11.6. The first-order valence-electron chi connectivity index (χ1n) is 6.44. The smallest absolute Gasteiger partial charge is 0.171 e. The third kappa shape index (κ3) is 12.4. The van der Waals surface area contributed by atoms with Gasteiger partial charge in [0.2, 0.25) is 0 Å². The Morgan fingerprint density at radius 3 is 1.68 bits per heavy atom. The van der Waals surface area contributed by atoms with Crippen molar-refractivity contribution in [3.63, 3.8) is 0 Å². The standard InChI is InChI=1S/C13H22F6/c1-10(5-8-13(17,18)19)9-11(2,3)6-4-7-12(14,15)16/h10H,4-9H2,1-3H3. The molecule has 0 spiro atoms. The van der Waals surface area contributed by atoms with Gasteiger partial charge in [0.25, 0.3) is 0 Å². The van der Waals surface area contributed by atoms with Crippen molar-refractivity contribution >= 4 is 0 Å². The molecular formula is C13H22F6. The molecule has 0 saturated heterocycles. The summed E-state index contributed by atoms with van der Waals surface area (Å²) >= 11 is 0. The summed E-state index contributed by atoms with van der Waals surface area (Å²) in [6.45, 7) is 5.35. The fourth-order valence-corrected chi connectivity index (χ4v) is 2.32. The maximum absolute atomic E-state index is 12.1. The molecule has 19 heavy (non-hydrogen) atoms. The van der Waals surface area contributed by atoms with Crippen LogP contribution in [-0.2, 0) is 0 Å². The molecule has 0 aliphatic carbocycles. The minimum Gasteiger partial charge on any atom is -0.171 e. The fourth-order valence-electron chi connectivity index (χ4n) is 2.32. The van der Waals surface area contributed by atoms with E-state index in [4.69, 9.17) is 0 Å². The summed E-state index contributed by atoms with van der Waals surface area (Å²) in [6, 6.07) is 0. The minimum absolute atomic E-state index is 0.0302. The van der Waals surface area contributed by atoms with Crippen LogP contribution >= 0.6 is 0 Å². The Balaban J connectivity index is 4.00. The number of halogens is 6. The van der Waals surface area contributed by atoms with Crippen molar-refractivity contribution in [2.24, 2.45) is 11.3 Å². The van der Waals surface area contributed by atoms with Gasteiger partial charge < -0.3 is 0 Å². The van der Waals surface area contributed by atoms with Crippen molar-refractivity contribution in [3.8, 4) is 0 Å². The summed E-state index contributed by atoms with van der Waals surface area (Å²) in [6.07, 6.45) is -9.01. The summed E-state index contributed by atoms with van der Waals surface area (Å²) in [5, 5.41) is 0. The third-order valence-corrected chi connectivity index (χ3v) is 3.14. The summed E-state index contributed by atoms with van der Waals surface area (Å²) in [4.78, 5) is 0. The van der Waals surface area contributed by atoms with E-state index in [-0.39, 0.29) is 24.2 Å². The lowest BCUT2D eigenvalue weighted by Crippen LogP contribution is -2.19. The quantitative estimate of drug-likeness (QED) is 0.496. The van der Waals surface area contributed by atoms with Crippen LogP contribution in [0.4, 0.5) is 26.3 Å². The largest absolute Gasteiger partial charge is 0.389 e. The molecule has 0 fully saturated rings. The van der Waals surface area contributed by atoms with E-state index in [1.165, 1.54) is 0 Å². The Morgan fingerprint density at radius 2 is 1.26 bits per heavy atom. The molecule has 1 unspecified atom stereocenters. The van der Waals surface area contributed by atoms with Crippen LogP contribution in [0.15, 0.2) is 0 Å². The molecule has 0 heterocycles. The molecule has 1 atom stereocenters. The van der Waals surface area contributed by atoms with Gasteiger partial charge in [0.15, 0.2) is 0 Å². The second-order valence-corrected chi connectivity index (χ2v) is 6.10. The van der Waals surface area contributed by atoms with Crippen LogP contribution in [0.1, 0.15) is 59.3 Å². The predicted octanol–water partition coefficient (Wildman–Crippen LogP) is 6.11. The number of alkyl halides is 6. The van der Waals surface area contributed by atoms with Crippen molar-refractivity contribution in [2.45, 2.75) is 71.6 Å². The zero-order chi connectivity index (χ0) is 15.3. The Morgan fingerprint density at radius 1 is 0.789 bits per heavy atom. The maximum atomic E-state index is 12.1. The van der Waals surface area contributed by atoms with Crippen molar-refractivity contribution in [3.05, 3.63) is 0 Å². The first-order valence-corrected chi connectivity index (χ1v) is 6.44. The van der Waals surface area contributed by atoms with Gasteiger partial charge in [-0.1, -0.05) is 20.8 Å². The second-order valence-electron chi connectivity index (χ2n) is 6.10. The molecule has 0 radical (unpaired) electrons. The van der Waals surface area contributed by atoms with Gasteiger partial charge in [0.1, 0.15) is 0 Å². The van der Waals surface area contributed by atoms with Gasteiger partial charge >= 0.3 is 12.4 Å². The third-order valence-electron chi connectivity index (χ3n) is 3.14. The van der Waals surface area contributed by atoms with Gasteiger partial charge in [0, 0.05) is 12.8 Å². The minimum atomic E-state index is -4.16. The normalized spacial score (nSPS) is 15.6. The first-order chi connectivity index (χ1) is 8.31. The zero-order valence-electron chi connectivity index (χ0n) is 11.6.